The Kier molecular flexibility index (Phi) is 6.33. The van der Waals surface area contributed by atoms with Gasteiger partial charge in [-0.15, -0.1) is 0 Å². The van der Waals surface area contributed by atoms with Crippen LogP contribution < -0.4 is 0 Å². The molecule has 0 aliphatic heterocycles. The van der Waals surface area contributed by atoms with E-state index in [2.05, 4.69) is 29.5 Å². The highest BCUT2D eigenvalue weighted by Crippen LogP contribution is 2.45. The van der Waals surface area contributed by atoms with Gasteiger partial charge >= 0.3 is 0 Å². The van der Waals surface area contributed by atoms with Crippen LogP contribution in [0.15, 0.2) is 0 Å². The summed E-state index contributed by atoms with van der Waals surface area (Å²) >= 11 is 2.60. The van der Waals surface area contributed by atoms with Crippen LogP contribution in [0.25, 0.3) is 0 Å². The average molecular weight is 402 g/mol. The van der Waals surface area contributed by atoms with Crippen molar-refractivity contribution in [1.82, 2.24) is 0 Å². The van der Waals surface area contributed by atoms with Crippen LogP contribution in [0.1, 0.15) is 84.0 Å². The summed E-state index contributed by atoms with van der Waals surface area (Å²) in [6.45, 7) is 2.46. The monoisotopic (exact) mass is 402 g/mol. The summed E-state index contributed by atoms with van der Waals surface area (Å²) in [5.41, 5.74) is 0. The molecule has 21 heavy (non-hydrogen) atoms. The second-order valence-corrected chi connectivity index (χ2v) is 9.51. The van der Waals surface area contributed by atoms with Crippen LogP contribution in [0.4, 0.5) is 0 Å². The van der Waals surface area contributed by atoms with Crippen LogP contribution in [-0.4, -0.2) is 4.43 Å². The Bertz CT molecular complexity index is 289. The molecular weight excluding hydrogens is 367 g/mol. The Morgan fingerprint density at radius 3 is 1.29 bits per heavy atom. The largest absolute Gasteiger partial charge is 0.0861 e. The van der Waals surface area contributed by atoms with Crippen LogP contribution >= 0.6 is 22.6 Å². The maximum atomic E-state index is 2.60. The van der Waals surface area contributed by atoms with Gasteiger partial charge in [0.25, 0.3) is 0 Å². The summed E-state index contributed by atoms with van der Waals surface area (Å²) < 4.78 is 1.40. The van der Waals surface area contributed by atoms with Crippen molar-refractivity contribution in [2.24, 2.45) is 35.5 Å². The molecular formula is C20H35I. The Balaban J connectivity index is 1.41. The lowest BCUT2D eigenvalue weighted by Gasteiger charge is -2.41. The van der Waals surface area contributed by atoms with E-state index in [9.17, 15) is 0 Å². The molecule has 0 aromatic rings. The zero-order chi connectivity index (χ0) is 14.7. The van der Waals surface area contributed by atoms with Crippen LogP contribution in [0.2, 0.25) is 0 Å². The van der Waals surface area contributed by atoms with Gasteiger partial charge in [0.1, 0.15) is 0 Å². The standard InChI is InChI=1S/C20H35I/c1-15-2-6-17(7-3-15)19-10-12-20(13-11-19)18-8-4-16(14-21)5-9-18/h15-20H,2-14H2,1H3. The second-order valence-electron chi connectivity index (χ2n) is 8.63. The number of hydrogen-bond acceptors (Lipinski definition) is 0. The van der Waals surface area contributed by atoms with Gasteiger partial charge in [0.15, 0.2) is 0 Å². The fourth-order valence-electron chi connectivity index (χ4n) is 5.66. The van der Waals surface area contributed by atoms with Gasteiger partial charge in [-0.3, -0.25) is 0 Å². The first-order valence-electron chi connectivity index (χ1n) is 9.82. The van der Waals surface area contributed by atoms with Gasteiger partial charge in [-0.25, -0.2) is 0 Å². The van der Waals surface area contributed by atoms with Crippen molar-refractivity contribution >= 4 is 22.6 Å². The molecule has 122 valence electrons. The molecule has 0 nitrogen and oxygen atoms in total. The molecule has 0 atom stereocenters. The first-order valence-corrected chi connectivity index (χ1v) is 11.3. The lowest BCUT2D eigenvalue weighted by atomic mass is 9.65. The lowest BCUT2D eigenvalue weighted by molar-refractivity contribution is 0.108. The van der Waals surface area contributed by atoms with Gasteiger partial charge in [-0.1, -0.05) is 42.4 Å². The van der Waals surface area contributed by atoms with Gasteiger partial charge in [-0.2, -0.15) is 0 Å². The minimum Gasteiger partial charge on any atom is -0.0861 e. The third kappa shape index (κ3) is 4.38. The molecule has 3 aliphatic rings. The predicted octanol–water partition coefficient (Wildman–Crippen LogP) is 6.86. The van der Waals surface area contributed by atoms with Crippen molar-refractivity contribution in [3.63, 3.8) is 0 Å². The van der Waals surface area contributed by atoms with Crippen molar-refractivity contribution < 1.29 is 0 Å². The molecule has 0 heterocycles. The molecule has 1 heteroatoms. The van der Waals surface area contributed by atoms with Crippen LogP contribution in [0.3, 0.4) is 0 Å². The Morgan fingerprint density at radius 1 is 0.571 bits per heavy atom. The van der Waals surface area contributed by atoms with Crippen molar-refractivity contribution in [2.45, 2.75) is 84.0 Å². The van der Waals surface area contributed by atoms with Crippen molar-refractivity contribution in [2.75, 3.05) is 4.43 Å². The van der Waals surface area contributed by atoms with Crippen molar-refractivity contribution in [1.29, 1.82) is 0 Å². The molecule has 0 N–H and O–H groups in total. The molecule has 0 radical (unpaired) electrons. The molecule has 3 fully saturated rings. The third-order valence-corrected chi connectivity index (χ3v) is 8.57. The van der Waals surface area contributed by atoms with Crippen LogP contribution in [0, 0.1) is 35.5 Å². The third-order valence-electron chi connectivity index (χ3n) is 7.32. The summed E-state index contributed by atoms with van der Waals surface area (Å²) in [6, 6.07) is 0. The van der Waals surface area contributed by atoms with E-state index in [0.29, 0.717) is 0 Å². The van der Waals surface area contributed by atoms with Gasteiger partial charge in [0, 0.05) is 4.43 Å². The van der Waals surface area contributed by atoms with E-state index >= 15 is 0 Å². The maximum Gasteiger partial charge on any atom is 0.00237 e. The van der Waals surface area contributed by atoms with Gasteiger partial charge in [-0.05, 0) is 99.7 Å². The molecule has 0 bridgehead atoms. The molecule has 0 aromatic carbocycles. The van der Waals surface area contributed by atoms with E-state index < -0.39 is 0 Å². The Labute approximate surface area is 146 Å². The Morgan fingerprint density at radius 2 is 0.905 bits per heavy atom. The van der Waals surface area contributed by atoms with E-state index in [-0.39, 0.29) is 0 Å². The van der Waals surface area contributed by atoms with Gasteiger partial charge in [0.2, 0.25) is 0 Å². The van der Waals surface area contributed by atoms with E-state index in [4.69, 9.17) is 0 Å². The zero-order valence-corrected chi connectivity index (χ0v) is 16.2. The average Bonchev–Trinajstić information content (AvgIpc) is 2.56. The van der Waals surface area contributed by atoms with E-state index in [1.54, 1.807) is 51.4 Å². The van der Waals surface area contributed by atoms with Gasteiger partial charge in [0.05, 0.1) is 0 Å². The first kappa shape index (κ1) is 16.6. The maximum absolute atomic E-state index is 2.60. The SMILES string of the molecule is CC1CCC(C2CCC(C3CCC(CI)CC3)CC2)CC1. The highest BCUT2D eigenvalue weighted by molar-refractivity contribution is 14.1. The van der Waals surface area contributed by atoms with Gasteiger partial charge < -0.3 is 0 Å². The first-order chi connectivity index (χ1) is 10.3. The molecule has 0 aromatic heterocycles. The molecule has 3 rings (SSSR count). The van der Waals surface area contributed by atoms with E-state index in [0.717, 1.165) is 35.5 Å². The van der Waals surface area contributed by atoms with E-state index in [1.807, 2.05) is 0 Å². The lowest BCUT2D eigenvalue weighted by Crippen LogP contribution is -2.29. The highest BCUT2D eigenvalue weighted by Gasteiger charge is 2.33. The fraction of sp³-hybridized carbons (Fsp3) is 1.00. The summed E-state index contributed by atoms with van der Waals surface area (Å²) in [5.74, 6) is 6.51. The molecule has 0 unspecified atom stereocenters. The summed E-state index contributed by atoms with van der Waals surface area (Å²) in [7, 11) is 0. The molecule has 0 spiro atoms. The number of alkyl halides is 1. The normalized spacial score (nSPS) is 45.4. The number of hydrogen-bond donors (Lipinski definition) is 0. The van der Waals surface area contributed by atoms with Crippen molar-refractivity contribution in [3.05, 3.63) is 0 Å². The highest BCUT2D eigenvalue weighted by atomic mass is 127. The number of rotatable bonds is 3. The topological polar surface area (TPSA) is 0 Å². The smallest absolute Gasteiger partial charge is 0.00237 e. The summed E-state index contributed by atoms with van der Waals surface area (Å²) in [6.07, 6.45) is 18.7. The predicted molar refractivity (Wildman–Crippen MR) is 101 cm³/mol. The molecule has 0 saturated heterocycles. The molecule has 3 aliphatic carbocycles. The van der Waals surface area contributed by atoms with E-state index in [1.165, 1.54) is 30.1 Å². The summed E-state index contributed by atoms with van der Waals surface area (Å²) in [5, 5.41) is 0. The fourth-order valence-corrected chi connectivity index (χ4v) is 6.54. The van der Waals surface area contributed by atoms with Crippen LogP contribution in [-0.2, 0) is 0 Å². The number of halogens is 1. The quantitative estimate of drug-likeness (QED) is 0.357. The minimum absolute atomic E-state index is 1.02. The van der Waals surface area contributed by atoms with Crippen LogP contribution in [0.5, 0.6) is 0 Å². The second kappa shape index (κ2) is 8.02. The molecule has 3 saturated carbocycles. The summed E-state index contributed by atoms with van der Waals surface area (Å²) in [4.78, 5) is 0. The van der Waals surface area contributed by atoms with Crippen molar-refractivity contribution in [3.8, 4) is 0 Å². The zero-order valence-electron chi connectivity index (χ0n) is 14.0. The minimum atomic E-state index is 1.02. The molecule has 0 amide bonds. The Hall–Kier alpha value is 0.730.